The highest BCUT2D eigenvalue weighted by atomic mass is 127. The molecular formula is C23H39FIN5O. The van der Waals surface area contributed by atoms with Gasteiger partial charge in [-0.05, 0) is 83.2 Å². The minimum atomic E-state index is -0.249. The van der Waals surface area contributed by atoms with E-state index in [0.29, 0.717) is 18.9 Å². The molecule has 0 aliphatic carbocycles. The highest BCUT2D eigenvalue weighted by Gasteiger charge is 2.39. The van der Waals surface area contributed by atoms with Crippen LogP contribution in [0.25, 0.3) is 0 Å². The molecule has 2 fully saturated rings. The van der Waals surface area contributed by atoms with E-state index in [1.165, 1.54) is 57.3 Å². The maximum Gasteiger partial charge on any atom is 0.193 e. The van der Waals surface area contributed by atoms with Gasteiger partial charge in [-0.25, -0.2) is 4.39 Å². The summed E-state index contributed by atoms with van der Waals surface area (Å²) in [6.07, 6.45) is 6.38. The molecule has 0 atom stereocenters. The topological polar surface area (TPSA) is 43.3 Å². The van der Waals surface area contributed by atoms with E-state index in [1.54, 1.807) is 12.1 Å². The number of hydrogen-bond donors (Lipinski definition) is 1. The molecule has 1 aromatic rings. The minimum Gasteiger partial charge on any atom is -0.492 e. The third kappa shape index (κ3) is 7.46. The fourth-order valence-corrected chi connectivity index (χ4v) is 4.57. The van der Waals surface area contributed by atoms with Crippen LogP contribution in [0, 0.1) is 5.82 Å². The number of likely N-dealkylation sites (N-methyl/N-ethyl adjacent to an activating group) is 1. The second kappa shape index (κ2) is 12.8. The van der Waals surface area contributed by atoms with Crippen molar-refractivity contribution in [2.24, 2.45) is 4.99 Å². The molecule has 0 unspecified atom stereocenters. The Bertz CT molecular complexity index is 673. The molecule has 2 aliphatic heterocycles. The number of piperidine rings is 2. The molecule has 0 saturated carbocycles. The van der Waals surface area contributed by atoms with E-state index in [-0.39, 0.29) is 35.3 Å². The quantitative estimate of drug-likeness (QED) is 0.323. The lowest BCUT2D eigenvalue weighted by molar-refractivity contribution is 0.0170. The predicted octanol–water partition coefficient (Wildman–Crippen LogP) is 3.28. The van der Waals surface area contributed by atoms with Crippen molar-refractivity contribution in [1.29, 1.82) is 0 Å². The molecule has 8 heteroatoms. The highest BCUT2D eigenvalue weighted by Crippen LogP contribution is 2.30. The van der Waals surface area contributed by atoms with E-state index in [4.69, 9.17) is 4.74 Å². The Morgan fingerprint density at radius 1 is 1.13 bits per heavy atom. The van der Waals surface area contributed by atoms with Crippen molar-refractivity contribution in [2.45, 2.75) is 37.6 Å². The lowest BCUT2D eigenvalue weighted by Gasteiger charge is -2.50. The van der Waals surface area contributed by atoms with Crippen LogP contribution in [-0.4, -0.2) is 93.2 Å². The number of benzene rings is 1. The van der Waals surface area contributed by atoms with Crippen molar-refractivity contribution in [1.82, 2.24) is 20.0 Å². The number of halogens is 2. The lowest BCUT2D eigenvalue weighted by atomic mass is 9.84. The Morgan fingerprint density at radius 3 is 2.39 bits per heavy atom. The first-order chi connectivity index (χ1) is 14.5. The van der Waals surface area contributed by atoms with E-state index < -0.39 is 0 Å². The van der Waals surface area contributed by atoms with Gasteiger partial charge >= 0.3 is 0 Å². The van der Waals surface area contributed by atoms with Crippen LogP contribution in [0.5, 0.6) is 5.75 Å². The number of nitrogens with zero attached hydrogens (tertiary/aromatic N) is 4. The molecule has 2 saturated heterocycles. The van der Waals surface area contributed by atoms with Gasteiger partial charge in [0.1, 0.15) is 18.2 Å². The number of hydrogen-bond acceptors (Lipinski definition) is 4. The van der Waals surface area contributed by atoms with E-state index in [0.717, 1.165) is 25.6 Å². The summed E-state index contributed by atoms with van der Waals surface area (Å²) in [7, 11) is 6.09. The molecule has 1 N–H and O–H groups in total. The minimum absolute atomic E-state index is 0. The Kier molecular flexibility index (Phi) is 10.8. The van der Waals surface area contributed by atoms with Crippen LogP contribution >= 0.6 is 24.0 Å². The fourth-order valence-electron chi connectivity index (χ4n) is 4.57. The SMILES string of the molecule is CN=C(NCC1(N2CCCCC2)CCN(C)CC1)N(C)CCOc1ccc(F)cc1.I. The zero-order valence-electron chi connectivity index (χ0n) is 19.3. The van der Waals surface area contributed by atoms with Crippen LogP contribution in [0.15, 0.2) is 29.3 Å². The first-order valence-corrected chi connectivity index (χ1v) is 11.3. The van der Waals surface area contributed by atoms with Gasteiger partial charge in [0.25, 0.3) is 0 Å². The molecule has 0 bridgehead atoms. The molecule has 0 amide bonds. The zero-order chi connectivity index (χ0) is 21.4. The predicted molar refractivity (Wildman–Crippen MR) is 136 cm³/mol. The molecule has 176 valence electrons. The highest BCUT2D eigenvalue weighted by molar-refractivity contribution is 14.0. The summed E-state index contributed by atoms with van der Waals surface area (Å²) in [5.41, 5.74) is 0.217. The third-order valence-corrected chi connectivity index (χ3v) is 6.60. The number of rotatable bonds is 7. The maximum absolute atomic E-state index is 13.0. The largest absolute Gasteiger partial charge is 0.492 e. The molecule has 0 aromatic heterocycles. The second-order valence-corrected chi connectivity index (χ2v) is 8.70. The molecular weight excluding hydrogens is 508 g/mol. The first-order valence-electron chi connectivity index (χ1n) is 11.3. The molecule has 31 heavy (non-hydrogen) atoms. The van der Waals surface area contributed by atoms with Gasteiger partial charge in [0, 0.05) is 26.2 Å². The van der Waals surface area contributed by atoms with Crippen molar-refractivity contribution >= 4 is 29.9 Å². The van der Waals surface area contributed by atoms with Gasteiger partial charge in [-0.15, -0.1) is 24.0 Å². The van der Waals surface area contributed by atoms with Crippen molar-refractivity contribution in [2.75, 3.05) is 67.0 Å². The van der Waals surface area contributed by atoms with E-state index in [9.17, 15) is 4.39 Å². The Balaban J connectivity index is 0.00000341. The van der Waals surface area contributed by atoms with Crippen LogP contribution in [0.2, 0.25) is 0 Å². The molecule has 1 aromatic carbocycles. The number of guanidine groups is 1. The summed E-state index contributed by atoms with van der Waals surface area (Å²) in [4.78, 5) is 11.8. The van der Waals surface area contributed by atoms with Crippen LogP contribution < -0.4 is 10.1 Å². The molecule has 3 rings (SSSR count). The van der Waals surface area contributed by atoms with E-state index in [2.05, 4.69) is 32.1 Å². The van der Waals surface area contributed by atoms with Crippen LogP contribution in [0.1, 0.15) is 32.1 Å². The van der Waals surface area contributed by atoms with Gasteiger partial charge in [-0.1, -0.05) is 6.42 Å². The number of ether oxygens (including phenoxy) is 1. The van der Waals surface area contributed by atoms with E-state index in [1.807, 2.05) is 14.1 Å². The summed E-state index contributed by atoms with van der Waals surface area (Å²) in [6, 6.07) is 6.15. The summed E-state index contributed by atoms with van der Waals surface area (Å²) in [5, 5.41) is 3.66. The second-order valence-electron chi connectivity index (χ2n) is 8.70. The molecule has 2 aliphatic rings. The molecule has 0 radical (unpaired) electrons. The van der Waals surface area contributed by atoms with Crippen LogP contribution in [0.4, 0.5) is 4.39 Å². The van der Waals surface area contributed by atoms with Gasteiger partial charge < -0.3 is 19.9 Å². The Hall–Kier alpha value is -1.13. The maximum atomic E-state index is 13.0. The van der Waals surface area contributed by atoms with Crippen molar-refractivity contribution in [3.63, 3.8) is 0 Å². The molecule has 2 heterocycles. The molecule has 6 nitrogen and oxygen atoms in total. The smallest absolute Gasteiger partial charge is 0.193 e. The standard InChI is InChI=1S/C23H38FN5O.HI/c1-25-22(28(3)17-18-30-21-9-7-20(24)8-10-21)26-19-23(11-15-27(2)16-12-23)29-13-5-4-6-14-29;/h7-10H,4-6,11-19H2,1-3H3,(H,25,26);1H. The number of aliphatic imine (C=N–C) groups is 1. The first kappa shape index (κ1) is 26.1. The summed E-state index contributed by atoms with van der Waals surface area (Å²) >= 11 is 0. The lowest BCUT2D eigenvalue weighted by Crippen LogP contribution is -2.62. The van der Waals surface area contributed by atoms with Crippen molar-refractivity contribution < 1.29 is 9.13 Å². The van der Waals surface area contributed by atoms with Crippen molar-refractivity contribution in [3.05, 3.63) is 30.1 Å². The third-order valence-electron chi connectivity index (χ3n) is 6.60. The van der Waals surface area contributed by atoms with Gasteiger partial charge in [0.15, 0.2) is 5.96 Å². The van der Waals surface area contributed by atoms with Crippen LogP contribution in [-0.2, 0) is 0 Å². The van der Waals surface area contributed by atoms with Crippen molar-refractivity contribution in [3.8, 4) is 5.75 Å². The zero-order valence-corrected chi connectivity index (χ0v) is 21.6. The summed E-state index contributed by atoms with van der Waals surface area (Å²) in [6.45, 7) is 6.88. The van der Waals surface area contributed by atoms with Crippen LogP contribution in [0.3, 0.4) is 0 Å². The Labute approximate surface area is 204 Å². The summed E-state index contributed by atoms with van der Waals surface area (Å²) < 4.78 is 18.8. The van der Waals surface area contributed by atoms with E-state index >= 15 is 0 Å². The number of likely N-dealkylation sites (tertiary alicyclic amines) is 2. The van der Waals surface area contributed by atoms with Gasteiger partial charge in [-0.3, -0.25) is 9.89 Å². The monoisotopic (exact) mass is 547 g/mol. The number of nitrogens with one attached hydrogen (secondary N) is 1. The Morgan fingerprint density at radius 2 is 1.77 bits per heavy atom. The van der Waals surface area contributed by atoms with Gasteiger partial charge in [0.2, 0.25) is 0 Å². The summed E-state index contributed by atoms with van der Waals surface area (Å²) in [5.74, 6) is 1.33. The average molecular weight is 548 g/mol. The van der Waals surface area contributed by atoms with Gasteiger partial charge in [-0.2, -0.15) is 0 Å². The average Bonchev–Trinajstić information content (AvgIpc) is 2.77. The van der Waals surface area contributed by atoms with Gasteiger partial charge in [0.05, 0.1) is 6.54 Å². The normalized spacial score (nSPS) is 20.1. The fraction of sp³-hybridized carbons (Fsp3) is 0.696. The molecule has 0 spiro atoms.